The van der Waals surface area contributed by atoms with Gasteiger partial charge in [-0.3, -0.25) is 19.2 Å². The van der Waals surface area contributed by atoms with Crippen LogP contribution in [0.1, 0.15) is 60.3 Å². The van der Waals surface area contributed by atoms with Crippen LogP contribution >= 0.6 is 0 Å². The number of rotatable bonds is 10. The fraction of sp³-hybridized carbons (Fsp3) is 0.633. The number of primary amides is 1. The highest BCUT2D eigenvalue weighted by Gasteiger charge is 2.70. The lowest BCUT2D eigenvalue weighted by molar-refractivity contribution is -0.144. The van der Waals surface area contributed by atoms with Gasteiger partial charge in [0.15, 0.2) is 5.58 Å². The minimum absolute atomic E-state index is 0.0584. The molecule has 0 radical (unpaired) electrons. The van der Waals surface area contributed by atoms with E-state index in [1.165, 1.54) is 0 Å². The second-order valence-corrected chi connectivity index (χ2v) is 13.5. The van der Waals surface area contributed by atoms with Gasteiger partial charge in [0.2, 0.25) is 17.6 Å². The van der Waals surface area contributed by atoms with E-state index in [0.29, 0.717) is 29.8 Å². The molecule has 5 rings (SSSR count). The van der Waals surface area contributed by atoms with Crippen molar-refractivity contribution >= 4 is 40.6 Å². The Morgan fingerprint density at radius 2 is 1.93 bits per heavy atom. The highest BCUT2D eigenvalue weighted by molar-refractivity contribution is 6.37. The summed E-state index contributed by atoms with van der Waals surface area (Å²) in [5, 5.41) is 6.02. The average molecular weight is 568 g/mol. The van der Waals surface area contributed by atoms with Crippen LogP contribution in [0.3, 0.4) is 0 Å². The first-order valence-electron chi connectivity index (χ1n) is 14.4. The molecule has 11 heteroatoms. The molecule has 2 heterocycles. The first-order chi connectivity index (χ1) is 19.2. The van der Waals surface area contributed by atoms with Gasteiger partial charge >= 0.3 is 0 Å². The molecule has 11 nitrogen and oxygen atoms in total. The van der Waals surface area contributed by atoms with Crippen LogP contribution in [0.25, 0.3) is 11.1 Å². The van der Waals surface area contributed by atoms with Crippen molar-refractivity contribution < 1.29 is 28.3 Å². The lowest BCUT2D eigenvalue weighted by atomic mass is 9.80. The Morgan fingerprint density at radius 3 is 2.51 bits per heavy atom. The van der Waals surface area contributed by atoms with Crippen LogP contribution in [0.4, 0.5) is 6.01 Å². The summed E-state index contributed by atoms with van der Waals surface area (Å²) in [7, 11) is 1.57. The highest BCUT2D eigenvalue weighted by atomic mass is 16.5. The number of hydrogen-bond donors (Lipinski definition) is 3. The van der Waals surface area contributed by atoms with Gasteiger partial charge in [-0.2, -0.15) is 4.98 Å². The number of ether oxygens (including phenoxy) is 1. The molecule has 3 aliphatic rings. The topological polar surface area (TPSA) is 157 Å². The van der Waals surface area contributed by atoms with Gasteiger partial charge in [-0.1, -0.05) is 53.9 Å². The second kappa shape index (κ2) is 10.3. The molecule has 0 spiro atoms. The molecule has 5 atom stereocenters. The molecule has 2 saturated carbocycles. The zero-order chi connectivity index (χ0) is 29.9. The van der Waals surface area contributed by atoms with Crippen LogP contribution in [-0.2, 0) is 19.2 Å². The minimum atomic E-state index is -1.06. The van der Waals surface area contributed by atoms with Crippen LogP contribution in [0.2, 0.25) is 0 Å². The van der Waals surface area contributed by atoms with E-state index >= 15 is 0 Å². The summed E-state index contributed by atoms with van der Waals surface area (Å²) in [6, 6.07) is 2.95. The Kier molecular flexibility index (Phi) is 7.28. The van der Waals surface area contributed by atoms with Crippen molar-refractivity contribution in [2.24, 2.45) is 34.3 Å². The normalized spacial score (nSPS) is 24.6. The van der Waals surface area contributed by atoms with E-state index in [4.69, 9.17) is 14.9 Å². The Balaban J connectivity index is 1.39. The van der Waals surface area contributed by atoms with Crippen LogP contribution < -0.4 is 21.1 Å². The lowest BCUT2D eigenvalue weighted by Gasteiger charge is -2.38. The molecular weight excluding hydrogens is 526 g/mol. The number of nitrogens with two attached hydrogens (primary N) is 1. The summed E-state index contributed by atoms with van der Waals surface area (Å²) in [6.45, 7) is 10.4. The molecule has 0 bridgehead atoms. The van der Waals surface area contributed by atoms with Crippen molar-refractivity contribution in [2.45, 2.75) is 78.4 Å². The second-order valence-electron chi connectivity index (χ2n) is 13.5. The number of oxazole rings is 1. The number of fused-ring (bicyclic) bond motifs is 2. The molecule has 2 unspecified atom stereocenters. The molecule has 4 N–H and O–H groups in total. The fourth-order valence-corrected chi connectivity index (χ4v) is 6.57. The van der Waals surface area contributed by atoms with E-state index in [9.17, 15) is 19.2 Å². The summed E-state index contributed by atoms with van der Waals surface area (Å²) in [5.41, 5.74) is 5.77. The molecule has 222 valence electrons. The molecule has 3 fully saturated rings. The summed E-state index contributed by atoms with van der Waals surface area (Å²) >= 11 is 0. The number of aromatic nitrogens is 1. The Hall–Kier alpha value is -3.63. The predicted octanol–water partition coefficient (Wildman–Crippen LogP) is 2.88. The van der Waals surface area contributed by atoms with Crippen LogP contribution in [0.5, 0.6) is 5.75 Å². The van der Waals surface area contributed by atoms with Gasteiger partial charge in [0.05, 0.1) is 13.2 Å². The van der Waals surface area contributed by atoms with E-state index in [0.717, 1.165) is 19.3 Å². The van der Waals surface area contributed by atoms with Crippen LogP contribution in [-0.4, -0.2) is 65.2 Å². The molecule has 3 amide bonds. The maximum absolute atomic E-state index is 14.2. The van der Waals surface area contributed by atoms with Gasteiger partial charge in [0.25, 0.3) is 11.9 Å². The first-order valence-corrected chi connectivity index (χ1v) is 14.4. The highest BCUT2D eigenvalue weighted by Crippen LogP contribution is 2.65. The summed E-state index contributed by atoms with van der Waals surface area (Å²) < 4.78 is 11.2. The summed E-state index contributed by atoms with van der Waals surface area (Å²) in [5.74, 6) is -1.54. The average Bonchev–Trinajstić information content (AvgIpc) is 3.24. The molecule has 1 aliphatic heterocycles. The largest absolute Gasteiger partial charge is 0.497 e. The first kappa shape index (κ1) is 28.9. The predicted molar refractivity (Wildman–Crippen MR) is 152 cm³/mol. The molecule has 1 aromatic heterocycles. The van der Waals surface area contributed by atoms with Crippen molar-refractivity contribution in [1.29, 1.82) is 0 Å². The SMILES string of the molecule is COc1ccc2oc(N[C@H](C(=O)N3C[C@H]4C([C@H]3C(=O)NC(CC3CCC3)C(=O)C(N)=O)C4(C)C)C(C)(C)C)nc2c1. The third kappa shape index (κ3) is 5.38. The quantitative estimate of drug-likeness (QED) is 0.370. The Morgan fingerprint density at radius 1 is 1.22 bits per heavy atom. The van der Waals surface area contributed by atoms with Gasteiger partial charge in [-0.05, 0) is 47.1 Å². The van der Waals surface area contributed by atoms with Crippen molar-refractivity contribution in [1.82, 2.24) is 15.2 Å². The zero-order valence-corrected chi connectivity index (χ0v) is 24.7. The Labute approximate surface area is 239 Å². The number of likely N-dealkylation sites (tertiary alicyclic amines) is 1. The van der Waals surface area contributed by atoms with E-state index < -0.39 is 41.1 Å². The van der Waals surface area contributed by atoms with Crippen molar-refractivity contribution in [3.63, 3.8) is 0 Å². The number of ketones is 1. The van der Waals surface area contributed by atoms with E-state index in [-0.39, 0.29) is 35.1 Å². The lowest BCUT2D eigenvalue weighted by Crippen LogP contribution is -2.58. The number of methoxy groups -OCH3 is 1. The maximum Gasteiger partial charge on any atom is 0.296 e. The van der Waals surface area contributed by atoms with Gasteiger partial charge < -0.3 is 30.4 Å². The maximum atomic E-state index is 14.2. The minimum Gasteiger partial charge on any atom is -0.497 e. The fourth-order valence-electron chi connectivity index (χ4n) is 6.57. The van der Waals surface area contributed by atoms with E-state index in [2.05, 4.69) is 29.5 Å². The molecule has 1 saturated heterocycles. The summed E-state index contributed by atoms with van der Waals surface area (Å²) in [4.78, 5) is 58.6. The van der Waals surface area contributed by atoms with Crippen molar-refractivity contribution in [2.75, 3.05) is 19.0 Å². The van der Waals surface area contributed by atoms with Crippen molar-refractivity contribution in [3.05, 3.63) is 18.2 Å². The molecule has 41 heavy (non-hydrogen) atoms. The summed E-state index contributed by atoms with van der Waals surface area (Å²) in [6.07, 6.45) is 3.34. The van der Waals surface area contributed by atoms with E-state index in [1.54, 1.807) is 30.2 Å². The number of piperidine rings is 1. The molecule has 2 aliphatic carbocycles. The standard InChI is InChI=1S/C30H41N5O6/c1-29(2,3)24(34-28-33-18-13-16(40-6)10-11-20(18)41-28)27(39)35-14-17-21(30(17,4)5)22(35)26(38)32-19(23(36)25(31)37)12-15-8-7-9-15/h10-11,13,15,17,19,21-22,24H,7-9,12,14H2,1-6H3,(H2,31,37)(H,32,38)(H,33,34)/t17-,19?,21?,22-,24+/m0/s1. The van der Waals surface area contributed by atoms with Crippen LogP contribution in [0, 0.1) is 28.6 Å². The molecule has 1 aromatic carbocycles. The van der Waals surface area contributed by atoms with Crippen LogP contribution in [0.15, 0.2) is 22.6 Å². The number of benzene rings is 1. The molecule has 2 aromatic rings. The number of amides is 3. The Bertz CT molecular complexity index is 1370. The monoisotopic (exact) mass is 567 g/mol. The van der Waals surface area contributed by atoms with Gasteiger partial charge in [0.1, 0.15) is 23.3 Å². The number of nitrogens with zero attached hydrogens (tertiary/aromatic N) is 2. The third-order valence-electron chi connectivity index (χ3n) is 9.41. The third-order valence-corrected chi connectivity index (χ3v) is 9.41. The number of Topliss-reactive ketones (excluding diaryl/α,β-unsaturated/α-hetero) is 1. The zero-order valence-electron chi connectivity index (χ0n) is 24.7. The number of anilines is 1. The van der Waals surface area contributed by atoms with E-state index in [1.807, 2.05) is 20.8 Å². The van der Waals surface area contributed by atoms with Gasteiger partial charge in [0, 0.05) is 12.6 Å². The number of carbonyl (C=O) groups is 4. The van der Waals surface area contributed by atoms with Gasteiger partial charge in [-0.25, -0.2) is 0 Å². The van der Waals surface area contributed by atoms with Gasteiger partial charge in [-0.15, -0.1) is 0 Å². The molecular formula is C30H41N5O6. The van der Waals surface area contributed by atoms with Crippen molar-refractivity contribution in [3.8, 4) is 5.75 Å². The number of nitrogens with one attached hydrogen (secondary N) is 2. The smallest absolute Gasteiger partial charge is 0.296 e. The number of carbonyl (C=O) groups excluding carboxylic acids is 4. The number of hydrogen-bond acceptors (Lipinski definition) is 8.